The third-order valence-electron chi connectivity index (χ3n) is 3.81. The Bertz CT molecular complexity index is 373. The predicted molar refractivity (Wildman–Crippen MR) is 72.9 cm³/mol. The molecule has 18 heavy (non-hydrogen) atoms. The largest absolute Gasteiger partial charge is 0.507 e. The van der Waals surface area contributed by atoms with Crippen molar-refractivity contribution in [3.63, 3.8) is 0 Å². The van der Waals surface area contributed by atoms with Gasteiger partial charge in [-0.25, -0.2) is 0 Å². The molecule has 0 aliphatic heterocycles. The molecule has 0 atom stereocenters. The average molecular weight is 249 g/mol. The quantitative estimate of drug-likeness (QED) is 0.761. The van der Waals surface area contributed by atoms with Gasteiger partial charge in [0.15, 0.2) is 0 Å². The van der Waals surface area contributed by atoms with E-state index in [0.717, 1.165) is 24.6 Å². The van der Waals surface area contributed by atoms with Crippen molar-refractivity contribution in [2.75, 3.05) is 13.7 Å². The Labute approximate surface area is 109 Å². The van der Waals surface area contributed by atoms with Gasteiger partial charge in [-0.2, -0.15) is 0 Å². The fourth-order valence-corrected chi connectivity index (χ4v) is 2.65. The highest BCUT2D eigenvalue weighted by Crippen LogP contribution is 2.27. The lowest BCUT2D eigenvalue weighted by molar-refractivity contribution is 0.405. The second-order valence-corrected chi connectivity index (χ2v) is 5.11. The number of rotatable bonds is 6. The Kier molecular flexibility index (Phi) is 4.88. The van der Waals surface area contributed by atoms with Crippen molar-refractivity contribution < 1.29 is 9.84 Å². The van der Waals surface area contributed by atoms with Crippen molar-refractivity contribution in [3.05, 3.63) is 23.8 Å². The predicted octanol–water partition coefficient (Wildman–Crippen LogP) is 3.07. The molecule has 0 heterocycles. The number of hydrogen-bond acceptors (Lipinski definition) is 3. The number of ether oxygens (including phenoxy) is 1. The van der Waals surface area contributed by atoms with Crippen LogP contribution in [0.3, 0.4) is 0 Å². The van der Waals surface area contributed by atoms with Crippen LogP contribution in [0.4, 0.5) is 0 Å². The molecule has 3 nitrogen and oxygen atoms in total. The molecular formula is C15H23NO2. The topological polar surface area (TPSA) is 41.5 Å². The summed E-state index contributed by atoms with van der Waals surface area (Å²) in [6.07, 6.45) is 6.87. The summed E-state index contributed by atoms with van der Waals surface area (Å²) in [7, 11) is 1.61. The van der Waals surface area contributed by atoms with E-state index in [1.54, 1.807) is 13.2 Å². The van der Waals surface area contributed by atoms with E-state index in [9.17, 15) is 5.11 Å². The van der Waals surface area contributed by atoms with E-state index in [0.29, 0.717) is 11.5 Å². The molecule has 0 unspecified atom stereocenters. The smallest absolute Gasteiger partial charge is 0.123 e. The molecule has 0 aromatic heterocycles. The Morgan fingerprint density at radius 1 is 1.33 bits per heavy atom. The molecule has 2 N–H and O–H groups in total. The fourth-order valence-electron chi connectivity index (χ4n) is 2.65. The van der Waals surface area contributed by atoms with E-state index >= 15 is 0 Å². The van der Waals surface area contributed by atoms with Crippen molar-refractivity contribution >= 4 is 0 Å². The van der Waals surface area contributed by atoms with Gasteiger partial charge in [-0.3, -0.25) is 0 Å². The molecule has 0 radical (unpaired) electrons. The number of phenolic OH excluding ortho intramolecular Hbond substituents is 1. The SMILES string of the molecule is COc1ccc(CNCCC2CCCC2)c(O)c1. The third-order valence-corrected chi connectivity index (χ3v) is 3.81. The lowest BCUT2D eigenvalue weighted by atomic mass is 10.0. The molecule has 1 aliphatic carbocycles. The van der Waals surface area contributed by atoms with Gasteiger partial charge in [0.1, 0.15) is 11.5 Å². The molecule has 1 saturated carbocycles. The summed E-state index contributed by atoms with van der Waals surface area (Å²) in [5, 5.41) is 13.2. The minimum atomic E-state index is 0.308. The van der Waals surface area contributed by atoms with Crippen LogP contribution >= 0.6 is 0 Å². The first-order valence-electron chi connectivity index (χ1n) is 6.86. The maximum absolute atomic E-state index is 9.81. The van der Waals surface area contributed by atoms with Crippen LogP contribution in [-0.4, -0.2) is 18.8 Å². The highest BCUT2D eigenvalue weighted by Gasteiger charge is 2.14. The maximum Gasteiger partial charge on any atom is 0.123 e. The molecule has 100 valence electrons. The number of phenols is 1. The summed E-state index contributed by atoms with van der Waals surface area (Å²) in [6.45, 7) is 1.76. The molecule has 1 aliphatic rings. The standard InChI is InChI=1S/C15H23NO2/c1-18-14-7-6-13(15(17)10-14)11-16-9-8-12-4-2-3-5-12/h6-7,10,12,16-17H,2-5,8-9,11H2,1H3. The van der Waals surface area contributed by atoms with Gasteiger partial charge in [-0.05, 0) is 24.9 Å². The van der Waals surface area contributed by atoms with Crippen LogP contribution in [0.15, 0.2) is 18.2 Å². The molecule has 0 amide bonds. The molecule has 2 rings (SSSR count). The van der Waals surface area contributed by atoms with Gasteiger partial charge in [0.25, 0.3) is 0 Å². The first kappa shape index (κ1) is 13.2. The van der Waals surface area contributed by atoms with E-state index in [1.165, 1.54) is 32.1 Å². The number of aromatic hydroxyl groups is 1. The molecule has 0 bridgehead atoms. The van der Waals surface area contributed by atoms with Gasteiger partial charge in [-0.1, -0.05) is 31.7 Å². The zero-order valence-corrected chi connectivity index (χ0v) is 11.1. The number of hydrogen-bond donors (Lipinski definition) is 2. The Morgan fingerprint density at radius 2 is 2.11 bits per heavy atom. The van der Waals surface area contributed by atoms with Crippen LogP contribution in [0.25, 0.3) is 0 Å². The summed E-state index contributed by atoms with van der Waals surface area (Å²) < 4.78 is 5.06. The second-order valence-electron chi connectivity index (χ2n) is 5.11. The van der Waals surface area contributed by atoms with Crippen LogP contribution in [0, 0.1) is 5.92 Å². The molecule has 1 aromatic rings. The summed E-state index contributed by atoms with van der Waals surface area (Å²) in [5.41, 5.74) is 0.933. The summed E-state index contributed by atoms with van der Waals surface area (Å²) in [5.74, 6) is 1.92. The van der Waals surface area contributed by atoms with Gasteiger partial charge in [-0.15, -0.1) is 0 Å². The molecular weight excluding hydrogens is 226 g/mol. The van der Waals surface area contributed by atoms with E-state index in [-0.39, 0.29) is 0 Å². The van der Waals surface area contributed by atoms with Gasteiger partial charge in [0.2, 0.25) is 0 Å². The monoisotopic (exact) mass is 249 g/mol. The Morgan fingerprint density at radius 3 is 2.78 bits per heavy atom. The molecule has 3 heteroatoms. The fraction of sp³-hybridized carbons (Fsp3) is 0.600. The first-order valence-corrected chi connectivity index (χ1v) is 6.86. The minimum absolute atomic E-state index is 0.308. The second kappa shape index (κ2) is 6.64. The van der Waals surface area contributed by atoms with Crippen molar-refractivity contribution in [3.8, 4) is 11.5 Å². The van der Waals surface area contributed by atoms with Crippen molar-refractivity contribution in [1.29, 1.82) is 0 Å². The van der Waals surface area contributed by atoms with Crippen LogP contribution < -0.4 is 10.1 Å². The zero-order valence-electron chi connectivity index (χ0n) is 11.1. The van der Waals surface area contributed by atoms with E-state index < -0.39 is 0 Å². The van der Waals surface area contributed by atoms with Crippen molar-refractivity contribution in [2.45, 2.75) is 38.6 Å². The highest BCUT2D eigenvalue weighted by atomic mass is 16.5. The lowest BCUT2D eigenvalue weighted by Gasteiger charge is -2.11. The Hall–Kier alpha value is -1.22. The minimum Gasteiger partial charge on any atom is -0.507 e. The van der Waals surface area contributed by atoms with E-state index in [4.69, 9.17) is 4.74 Å². The normalized spacial score (nSPS) is 16.1. The van der Waals surface area contributed by atoms with Crippen molar-refractivity contribution in [2.24, 2.45) is 5.92 Å². The number of nitrogens with one attached hydrogen (secondary N) is 1. The Balaban J connectivity index is 1.72. The molecule has 1 fully saturated rings. The zero-order chi connectivity index (χ0) is 12.8. The molecule has 0 spiro atoms. The molecule has 1 aromatic carbocycles. The number of benzene rings is 1. The van der Waals surface area contributed by atoms with Crippen LogP contribution in [0.5, 0.6) is 11.5 Å². The van der Waals surface area contributed by atoms with E-state index in [1.807, 2.05) is 12.1 Å². The lowest BCUT2D eigenvalue weighted by Crippen LogP contribution is -2.17. The van der Waals surface area contributed by atoms with Gasteiger partial charge in [0, 0.05) is 18.2 Å². The van der Waals surface area contributed by atoms with Crippen LogP contribution in [0.1, 0.15) is 37.7 Å². The summed E-state index contributed by atoms with van der Waals surface area (Å²) >= 11 is 0. The highest BCUT2D eigenvalue weighted by molar-refractivity contribution is 5.39. The summed E-state index contributed by atoms with van der Waals surface area (Å²) in [4.78, 5) is 0. The van der Waals surface area contributed by atoms with Crippen LogP contribution in [-0.2, 0) is 6.54 Å². The van der Waals surface area contributed by atoms with E-state index in [2.05, 4.69) is 5.32 Å². The first-order chi connectivity index (χ1) is 8.79. The summed E-state index contributed by atoms with van der Waals surface area (Å²) in [6, 6.07) is 5.46. The number of methoxy groups -OCH3 is 1. The maximum atomic E-state index is 9.81. The third kappa shape index (κ3) is 3.64. The molecule has 0 saturated heterocycles. The van der Waals surface area contributed by atoms with Gasteiger partial charge in [0.05, 0.1) is 7.11 Å². The van der Waals surface area contributed by atoms with Gasteiger partial charge < -0.3 is 15.2 Å². The van der Waals surface area contributed by atoms with Gasteiger partial charge >= 0.3 is 0 Å². The van der Waals surface area contributed by atoms with Crippen LogP contribution in [0.2, 0.25) is 0 Å². The average Bonchev–Trinajstić information content (AvgIpc) is 2.89. The van der Waals surface area contributed by atoms with Crippen molar-refractivity contribution in [1.82, 2.24) is 5.32 Å².